The average Bonchev–Trinajstić information content (AvgIpc) is 3.03. The van der Waals surface area contributed by atoms with E-state index in [1.54, 1.807) is 6.20 Å². The quantitative estimate of drug-likeness (QED) is 0.562. The second kappa shape index (κ2) is 6.65. The van der Waals surface area contributed by atoms with Crippen molar-refractivity contribution >= 4 is 22.4 Å². The van der Waals surface area contributed by atoms with Crippen LogP contribution in [0.3, 0.4) is 0 Å². The average molecular weight is 330 g/mol. The molecule has 0 spiro atoms. The zero-order chi connectivity index (χ0) is 17.1. The molecule has 2 heterocycles. The summed E-state index contributed by atoms with van der Waals surface area (Å²) in [6, 6.07) is 19.9. The molecule has 124 valence electrons. The minimum absolute atomic E-state index is 0.388. The molecule has 4 rings (SSSR count). The van der Waals surface area contributed by atoms with E-state index in [1.165, 1.54) is 0 Å². The van der Waals surface area contributed by atoms with Crippen molar-refractivity contribution in [1.29, 1.82) is 0 Å². The lowest BCUT2D eigenvalue weighted by atomic mass is 10.2. The van der Waals surface area contributed by atoms with Crippen LogP contribution in [-0.4, -0.2) is 15.0 Å². The molecule has 5 nitrogen and oxygen atoms in total. The van der Waals surface area contributed by atoms with Crippen LogP contribution in [0.4, 0.5) is 11.4 Å². The third kappa shape index (κ3) is 3.61. The van der Waals surface area contributed by atoms with Gasteiger partial charge in [-0.3, -0.25) is 4.98 Å². The van der Waals surface area contributed by atoms with Crippen LogP contribution >= 0.6 is 0 Å². The van der Waals surface area contributed by atoms with Gasteiger partial charge < -0.3 is 15.0 Å². The fraction of sp³-hybridized carbons (Fsp3) is 0.100. The maximum absolute atomic E-state index is 5.78. The fourth-order valence-electron chi connectivity index (χ4n) is 2.66. The first-order valence-corrected chi connectivity index (χ1v) is 8.12. The monoisotopic (exact) mass is 330 g/mol. The van der Waals surface area contributed by atoms with Gasteiger partial charge in [0, 0.05) is 29.3 Å². The SMILES string of the molecule is Cc1cc(OCc2nc3ccc(Nc4ccccc4)cc3[nH]2)ccn1. The Morgan fingerprint density at radius 1 is 1.00 bits per heavy atom. The number of anilines is 2. The summed E-state index contributed by atoms with van der Waals surface area (Å²) in [5, 5.41) is 3.38. The summed E-state index contributed by atoms with van der Waals surface area (Å²) >= 11 is 0. The number of aryl methyl sites for hydroxylation is 1. The van der Waals surface area contributed by atoms with E-state index in [4.69, 9.17) is 4.74 Å². The predicted octanol–water partition coefficient (Wildman–Crippen LogP) is 4.59. The molecule has 0 radical (unpaired) electrons. The molecule has 0 aliphatic rings. The predicted molar refractivity (Wildman–Crippen MR) is 99.1 cm³/mol. The molecule has 0 unspecified atom stereocenters. The van der Waals surface area contributed by atoms with E-state index in [9.17, 15) is 0 Å². The van der Waals surface area contributed by atoms with Crippen molar-refractivity contribution in [3.63, 3.8) is 0 Å². The van der Waals surface area contributed by atoms with Crippen molar-refractivity contribution in [3.05, 3.63) is 78.4 Å². The summed E-state index contributed by atoms with van der Waals surface area (Å²) < 4.78 is 5.78. The molecule has 0 bridgehead atoms. The topological polar surface area (TPSA) is 62.8 Å². The van der Waals surface area contributed by atoms with Crippen molar-refractivity contribution in [2.24, 2.45) is 0 Å². The van der Waals surface area contributed by atoms with E-state index in [1.807, 2.05) is 61.5 Å². The normalized spacial score (nSPS) is 10.8. The molecular weight excluding hydrogens is 312 g/mol. The molecular formula is C20H18N4O. The van der Waals surface area contributed by atoms with Gasteiger partial charge >= 0.3 is 0 Å². The number of H-pyrrole nitrogens is 1. The maximum atomic E-state index is 5.78. The van der Waals surface area contributed by atoms with E-state index in [0.29, 0.717) is 6.61 Å². The molecule has 0 atom stereocenters. The number of fused-ring (bicyclic) bond motifs is 1. The summed E-state index contributed by atoms with van der Waals surface area (Å²) in [4.78, 5) is 12.1. The zero-order valence-corrected chi connectivity index (χ0v) is 13.9. The van der Waals surface area contributed by atoms with Crippen LogP contribution in [0.1, 0.15) is 11.5 Å². The highest BCUT2D eigenvalue weighted by molar-refractivity contribution is 5.80. The number of pyridine rings is 1. The first kappa shape index (κ1) is 15.2. The van der Waals surface area contributed by atoms with Gasteiger partial charge in [0.2, 0.25) is 0 Å². The van der Waals surface area contributed by atoms with Crippen molar-refractivity contribution < 1.29 is 4.74 Å². The van der Waals surface area contributed by atoms with Gasteiger partial charge in [-0.25, -0.2) is 4.98 Å². The number of hydrogen-bond donors (Lipinski definition) is 2. The summed E-state index contributed by atoms with van der Waals surface area (Å²) in [7, 11) is 0. The van der Waals surface area contributed by atoms with Gasteiger partial charge in [0.05, 0.1) is 11.0 Å². The number of ether oxygens (including phenoxy) is 1. The lowest BCUT2D eigenvalue weighted by Gasteiger charge is -2.05. The Balaban J connectivity index is 1.50. The van der Waals surface area contributed by atoms with Crippen LogP contribution in [0.5, 0.6) is 5.75 Å². The Labute approximate surface area is 145 Å². The van der Waals surface area contributed by atoms with Gasteiger partial charge in [-0.05, 0) is 43.3 Å². The highest BCUT2D eigenvalue weighted by atomic mass is 16.5. The lowest BCUT2D eigenvalue weighted by molar-refractivity contribution is 0.297. The minimum atomic E-state index is 0.388. The van der Waals surface area contributed by atoms with Gasteiger partial charge in [0.1, 0.15) is 18.2 Å². The third-order valence-corrected chi connectivity index (χ3v) is 3.84. The number of hydrogen-bond acceptors (Lipinski definition) is 4. The second-order valence-electron chi connectivity index (χ2n) is 5.83. The van der Waals surface area contributed by atoms with E-state index in [0.717, 1.165) is 39.7 Å². The molecule has 0 fully saturated rings. The summed E-state index contributed by atoms with van der Waals surface area (Å²) in [5.74, 6) is 1.58. The van der Waals surface area contributed by atoms with Gasteiger partial charge in [-0.2, -0.15) is 0 Å². The molecule has 5 heteroatoms. The first-order chi connectivity index (χ1) is 12.3. The van der Waals surface area contributed by atoms with Gasteiger partial charge in [-0.1, -0.05) is 18.2 Å². The number of aromatic nitrogens is 3. The van der Waals surface area contributed by atoms with E-state index < -0.39 is 0 Å². The Morgan fingerprint density at radius 2 is 1.88 bits per heavy atom. The standard InChI is InChI=1S/C20H18N4O/c1-14-11-17(9-10-21-14)25-13-20-23-18-8-7-16(12-19(18)24-20)22-15-5-3-2-4-6-15/h2-12,22H,13H2,1H3,(H,23,24). The van der Waals surface area contributed by atoms with Crippen LogP contribution in [0.25, 0.3) is 11.0 Å². The molecule has 0 saturated heterocycles. The van der Waals surface area contributed by atoms with Crippen LogP contribution < -0.4 is 10.1 Å². The van der Waals surface area contributed by atoms with Crippen LogP contribution in [0.15, 0.2) is 66.9 Å². The highest BCUT2D eigenvalue weighted by Gasteiger charge is 2.05. The second-order valence-corrected chi connectivity index (χ2v) is 5.83. The zero-order valence-electron chi connectivity index (χ0n) is 13.9. The molecule has 25 heavy (non-hydrogen) atoms. The number of benzene rings is 2. The van der Waals surface area contributed by atoms with Crippen molar-refractivity contribution in [3.8, 4) is 5.75 Å². The smallest absolute Gasteiger partial charge is 0.146 e. The number of aromatic amines is 1. The number of rotatable bonds is 5. The minimum Gasteiger partial charge on any atom is -0.486 e. The van der Waals surface area contributed by atoms with Crippen LogP contribution in [0, 0.1) is 6.92 Å². The number of nitrogens with one attached hydrogen (secondary N) is 2. The molecule has 2 aromatic heterocycles. The Morgan fingerprint density at radius 3 is 2.72 bits per heavy atom. The van der Waals surface area contributed by atoms with Gasteiger partial charge in [-0.15, -0.1) is 0 Å². The number of nitrogens with zero attached hydrogens (tertiary/aromatic N) is 2. The molecule has 0 amide bonds. The van der Waals surface area contributed by atoms with Crippen molar-refractivity contribution in [1.82, 2.24) is 15.0 Å². The molecule has 0 aliphatic heterocycles. The van der Waals surface area contributed by atoms with Gasteiger partial charge in [0.15, 0.2) is 0 Å². The Hall–Kier alpha value is -3.34. The molecule has 0 aliphatic carbocycles. The van der Waals surface area contributed by atoms with Gasteiger partial charge in [0.25, 0.3) is 0 Å². The van der Waals surface area contributed by atoms with Crippen molar-refractivity contribution in [2.75, 3.05) is 5.32 Å². The fourth-order valence-corrected chi connectivity index (χ4v) is 2.66. The van der Waals surface area contributed by atoms with E-state index in [2.05, 4.69) is 26.3 Å². The van der Waals surface area contributed by atoms with Crippen LogP contribution in [0.2, 0.25) is 0 Å². The third-order valence-electron chi connectivity index (χ3n) is 3.84. The summed E-state index contributed by atoms with van der Waals surface area (Å²) in [6.45, 7) is 2.33. The molecule has 2 aromatic carbocycles. The molecule has 4 aromatic rings. The van der Waals surface area contributed by atoms with Crippen LogP contribution in [-0.2, 0) is 6.61 Å². The molecule has 0 saturated carbocycles. The van der Waals surface area contributed by atoms with E-state index >= 15 is 0 Å². The Bertz CT molecular complexity index is 995. The highest BCUT2D eigenvalue weighted by Crippen LogP contribution is 2.21. The molecule has 2 N–H and O–H groups in total. The first-order valence-electron chi connectivity index (χ1n) is 8.12. The number of imidazole rings is 1. The van der Waals surface area contributed by atoms with Crippen molar-refractivity contribution in [2.45, 2.75) is 13.5 Å². The largest absolute Gasteiger partial charge is 0.486 e. The van der Waals surface area contributed by atoms with E-state index in [-0.39, 0.29) is 0 Å². The lowest BCUT2D eigenvalue weighted by Crippen LogP contribution is -1.97. The Kier molecular flexibility index (Phi) is 4.04. The summed E-state index contributed by atoms with van der Waals surface area (Å²) in [5.41, 5.74) is 4.89. The maximum Gasteiger partial charge on any atom is 0.146 e. The summed E-state index contributed by atoms with van der Waals surface area (Å²) in [6.07, 6.45) is 1.74. The number of para-hydroxylation sites is 1.